The number of hydrogen-bond acceptors (Lipinski definition) is 6. The van der Waals surface area contributed by atoms with Crippen LogP contribution in [0.25, 0.3) is 5.76 Å². The third-order valence-electron chi connectivity index (χ3n) is 5.63. The van der Waals surface area contributed by atoms with Gasteiger partial charge in [0, 0.05) is 35.8 Å². The second-order valence-corrected chi connectivity index (χ2v) is 8.01. The van der Waals surface area contributed by atoms with Gasteiger partial charge in [0.25, 0.3) is 17.4 Å². The van der Waals surface area contributed by atoms with Crippen molar-refractivity contribution in [3.8, 4) is 0 Å². The van der Waals surface area contributed by atoms with E-state index in [0.717, 1.165) is 5.56 Å². The van der Waals surface area contributed by atoms with Crippen molar-refractivity contribution in [3.63, 3.8) is 0 Å². The molecular weight excluding hydrogens is 422 g/mol. The van der Waals surface area contributed by atoms with Crippen LogP contribution >= 0.6 is 0 Å². The molecule has 166 valence electrons. The molecule has 1 fully saturated rings. The molecule has 1 aromatic heterocycles. The molecule has 1 aliphatic rings. The Labute approximate surface area is 190 Å². The number of carbonyl (C=O) groups excluding carboxylic acids is 2. The number of ketones is 1. The van der Waals surface area contributed by atoms with Gasteiger partial charge in [-0.05, 0) is 47.4 Å². The zero-order valence-corrected chi connectivity index (χ0v) is 18.0. The highest BCUT2D eigenvalue weighted by Gasteiger charge is 2.47. The number of nitrogens with zero attached hydrogens (tertiary/aromatic N) is 3. The van der Waals surface area contributed by atoms with E-state index >= 15 is 0 Å². The summed E-state index contributed by atoms with van der Waals surface area (Å²) >= 11 is 0. The number of aliphatic hydroxyl groups excluding tert-OH is 1. The van der Waals surface area contributed by atoms with E-state index in [9.17, 15) is 24.8 Å². The fourth-order valence-corrected chi connectivity index (χ4v) is 3.87. The third-order valence-corrected chi connectivity index (χ3v) is 5.63. The SMILES string of the molecule is CC(C)c1ccc(N2C(=O)C(=O)/C(=C(\O)c3ccc([N+](=O)[O-])cc3)C2c2cccnc2)cc1. The molecule has 0 bridgehead atoms. The van der Waals surface area contributed by atoms with Gasteiger partial charge in [-0.3, -0.25) is 29.6 Å². The summed E-state index contributed by atoms with van der Waals surface area (Å²) in [6, 6.07) is 15.0. The van der Waals surface area contributed by atoms with Crippen molar-refractivity contribution in [1.82, 2.24) is 4.98 Å². The van der Waals surface area contributed by atoms with Crippen LogP contribution in [-0.2, 0) is 9.59 Å². The maximum absolute atomic E-state index is 13.1. The summed E-state index contributed by atoms with van der Waals surface area (Å²) in [4.78, 5) is 42.1. The molecule has 8 nitrogen and oxygen atoms in total. The summed E-state index contributed by atoms with van der Waals surface area (Å²) < 4.78 is 0. The smallest absolute Gasteiger partial charge is 0.300 e. The number of aromatic nitrogens is 1. The largest absolute Gasteiger partial charge is 0.507 e. The van der Waals surface area contributed by atoms with Gasteiger partial charge < -0.3 is 5.11 Å². The molecule has 0 saturated carbocycles. The molecular formula is C25H21N3O5. The van der Waals surface area contributed by atoms with Crippen LogP contribution in [0.1, 0.15) is 42.5 Å². The van der Waals surface area contributed by atoms with E-state index in [-0.39, 0.29) is 16.8 Å². The maximum atomic E-state index is 13.1. The molecule has 1 unspecified atom stereocenters. The fourth-order valence-electron chi connectivity index (χ4n) is 3.87. The Bertz CT molecular complexity index is 1250. The second kappa shape index (κ2) is 8.66. The van der Waals surface area contributed by atoms with Gasteiger partial charge in [-0.1, -0.05) is 32.0 Å². The van der Waals surface area contributed by atoms with Crippen molar-refractivity contribution >= 4 is 28.8 Å². The van der Waals surface area contributed by atoms with Gasteiger partial charge in [0.15, 0.2) is 0 Å². The van der Waals surface area contributed by atoms with E-state index in [1.165, 1.54) is 35.4 Å². The molecule has 1 amide bonds. The van der Waals surface area contributed by atoms with Crippen LogP contribution in [0.4, 0.5) is 11.4 Å². The van der Waals surface area contributed by atoms with Gasteiger partial charge >= 0.3 is 0 Å². The first-order valence-electron chi connectivity index (χ1n) is 10.3. The van der Waals surface area contributed by atoms with Crippen molar-refractivity contribution < 1.29 is 19.6 Å². The van der Waals surface area contributed by atoms with Crippen LogP contribution in [-0.4, -0.2) is 26.7 Å². The number of nitro groups is 1. The van der Waals surface area contributed by atoms with Gasteiger partial charge in [0.05, 0.1) is 16.5 Å². The summed E-state index contributed by atoms with van der Waals surface area (Å²) in [5, 5.41) is 22.0. The first-order chi connectivity index (χ1) is 15.8. The Hall–Kier alpha value is -4.33. The highest BCUT2D eigenvalue weighted by Crippen LogP contribution is 2.42. The zero-order chi connectivity index (χ0) is 23.7. The molecule has 8 heteroatoms. The van der Waals surface area contributed by atoms with Crippen LogP contribution in [0.2, 0.25) is 0 Å². The van der Waals surface area contributed by atoms with E-state index in [4.69, 9.17) is 0 Å². The summed E-state index contributed by atoms with van der Waals surface area (Å²) in [6.07, 6.45) is 3.11. The van der Waals surface area contributed by atoms with E-state index < -0.39 is 28.4 Å². The molecule has 1 N–H and O–H groups in total. The van der Waals surface area contributed by atoms with Gasteiger partial charge in [-0.2, -0.15) is 0 Å². The number of hydrogen-bond donors (Lipinski definition) is 1. The Balaban J connectivity index is 1.87. The molecule has 0 spiro atoms. The quantitative estimate of drug-likeness (QED) is 0.200. The summed E-state index contributed by atoms with van der Waals surface area (Å²) in [5.41, 5.74) is 2.09. The number of amides is 1. The van der Waals surface area contributed by atoms with Crippen molar-refractivity contribution in [2.45, 2.75) is 25.8 Å². The predicted molar refractivity (Wildman–Crippen MR) is 123 cm³/mol. The minimum absolute atomic E-state index is 0.102. The molecule has 1 saturated heterocycles. The number of pyridine rings is 1. The number of anilines is 1. The average Bonchev–Trinajstić information content (AvgIpc) is 3.09. The lowest BCUT2D eigenvalue weighted by Gasteiger charge is -2.25. The van der Waals surface area contributed by atoms with E-state index in [0.29, 0.717) is 17.2 Å². The molecule has 2 heterocycles. The molecule has 33 heavy (non-hydrogen) atoms. The van der Waals surface area contributed by atoms with Gasteiger partial charge in [-0.25, -0.2) is 0 Å². The number of rotatable bonds is 5. The number of non-ortho nitro benzene ring substituents is 1. The van der Waals surface area contributed by atoms with Crippen molar-refractivity contribution in [3.05, 3.63) is 105 Å². The second-order valence-electron chi connectivity index (χ2n) is 8.01. The Morgan fingerprint density at radius 3 is 2.27 bits per heavy atom. The van der Waals surface area contributed by atoms with Crippen LogP contribution in [0, 0.1) is 10.1 Å². The number of Topliss-reactive ketones (excluding diaryl/α,β-unsaturated/α-hetero) is 1. The lowest BCUT2D eigenvalue weighted by molar-refractivity contribution is -0.384. The molecule has 0 aliphatic carbocycles. The van der Waals surface area contributed by atoms with Crippen LogP contribution < -0.4 is 4.90 Å². The molecule has 2 aromatic carbocycles. The van der Waals surface area contributed by atoms with Crippen LogP contribution in [0.5, 0.6) is 0 Å². The van der Waals surface area contributed by atoms with Gasteiger partial charge in [-0.15, -0.1) is 0 Å². The van der Waals surface area contributed by atoms with Crippen molar-refractivity contribution in [2.24, 2.45) is 0 Å². The van der Waals surface area contributed by atoms with Gasteiger partial charge in [0.2, 0.25) is 0 Å². The fraction of sp³-hybridized carbons (Fsp3) is 0.160. The number of benzene rings is 2. The maximum Gasteiger partial charge on any atom is 0.300 e. The number of nitro benzene ring substituents is 1. The highest BCUT2D eigenvalue weighted by atomic mass is 16.6. The topological polar surface area (TPSA) is 114 Å². The first kappa shape index (κ1) is 21.9. The normalized spacial score (nSPS) is 17.5. The average molecular weight is 443 g/mol. The minimum Gasteiger partial charge on any atom is -0.507 e. The summed E-state index contributed by atoms with van der Waals surface area (Å²) in [6.45, 7) is 4.11. The Kier molecular flexibility index (Phi) is 5.74. The van der Waals surface area contributed by atoms with Gasteiger partial charge in [0.1, 0.15) is 5.76 Å². The van der Waals surface area contributed by atoms with E-state index in [1.54, 1.807) is 30.5 Å². The van der Waals surface area contributed by atoms with Crippen molar-refractivity contribution in [1.29, 1.82) is 0 Å². The lowest BCUT2D eigenvalue weighted by Crippen LogP contribution is -2.29. The summed E-state index contributed by atoms with van der Waals surface area (Å²) in [5.74, 6) is -1.72. The van der Waals surface area contributed by atoms with Crippen LogP contribution in [0.3, 0.4) is 0 Å². The van der Waals surface area contributed by atoms with Crippen LogP contribution in [0.15, 0.2) is 78.6 Å². The minimum atomic E-state index is -0.904. The molecule has 1 atom stereocenters. The Morgan fingerprint density at radius 1 is 1.06 bits per heavy atom. The number of carbonyl (C=O) groups is 2. The zero-order valence-electron chi connectivity index (χ0n) is 18.0. The monoisotopic (exact) mass is 443 g/mol. The molecule has 3 aromatic rings. The molecule has 0 radical (unpaired) electrons. The highest BCUT2D eigenvalue weighted by molar-refractivity contribution is 6.51. The summed E-state index contributed by atoms with van der Waals surface area (Å²) in [7, 11) is 0. The third kappa shape index (κ3) is 3.98. The molecule has 4 rings (SSSR count). The molecule has 1 aliphatic heterocycles. The first-order valence-corrected chi connectivity index (χ1v) is 10.3. The van der Waals surface area contributed by atoms with E-state index in [1.807, 2.05) is 12.1 Å². The Morgan fingerprint density at radius 2 is 1.73 bits per heavy atom. The number of aliphatic hydroxyl groups is 1. The standard InChI is InChI=1S/C25H21N3O5/c1-15(2)16-5-9-19(10-6-16)27-22(18-4-3-13-26-14-18)21(24(30)25(27)31)23(29)17-7-11-20(12-8-17)28(32)33/h3-15,22,29H,1-2H3/b23-21-. The lowest BCUT2D eigenvalue weighted by atomic mass is 9.96. The predicted octanol–water partition coefficient (Wildman–Crippen LogP) is 4.74. The van der Waals surface area contributed by atoms with Crippen molar-refractivity contribution in [2.75, 3.05) is 4.90 Å². The van der Waals surface area contributed by atoms with E-state index in [2.05, 4.69) is 18.8 Å².